The van der Waals surface area contributed by atoms with Crippen LogP contribution in [0.3, 0.4) is 0 Å². The molecule has 0 aliphatic rings. The molecule has 1 rings (SSSR count). The first-order valence-corrected chi connectivity index (χ1v) is 3.52. The van der Waals surface area contributed by atoms with Crippen molar-refractivity contribution in [2.24, 2.45) is 5.73 Å². The largest absolute Gasteiger partial charge is 0.511 e. The van der Waals surface area contributed by atoms with E-state index in [4.69, 9.17) is 15.4 Å². The fraction of sp³-hybridized carbons (Fsp3) is 0.429. The Morgan fingerprint density at radius 2 is 2.50 bits per heavy atom. The van der Waals surface area contributed by atoms with Gasteiger partial charge in [-0.1, -0.05) is 11.7 Å². The number of hydrogen-bond donors (Lipinski definition) is 2. The van der Waals surface area contributed by atoms with Gasteiger partial charge in [-0.2, -0.15) is 4.98 Å². The Kier molecular flexibility index (Phi) is 2.44. The average molecular weight is 169 g/mol. The highest BCUT2D eigenvalue weighted by molar-refractivity contribution is 4.98. The lowest BCUT2D eigenvalue weighted by Gasteiger charge is -2.04. The van der Waals surface area contributed by atoms with Gasteiger partial charge in [-0.25, -0.2) is 0 Å². The van der Waals surface area contributed by atoms with E-state index in [1.54, 1.807) is 6.92 Å². The number of aliphatic hydroxyl groups excluding tert-OH is 1. The molecule has 3 N–H and O–H groups in total. The van der Waals surface area contributed by atoms with E-state index < -0.39 is 6.04 Å². The minimum absolute atomic E-state index is 0.0779. The molecule has 0 fully saturated rings. The molecule has 0 aromatic carbocycles. The fourth-order valence-corrected chi connectivity index (χ4v) is 0.729. The summed E-state index contributed by atoms with van der Waals surface area (Å²) in [6, 6.07) is -0.537. The maximum atomic E-state index is 8.88. The molecule has 5 heteroatoms. The summed E-state index contributed by atoms with van der Waals surface area (Å²) in [5.74, 6) is 0.891. The maximum absolute atomic E-state index is 8.88. The van der Waals surface area contributed by atoms with Gasteiger partial charge < -0.3 is 15.4 Å². The molecule has 66 valence electrons. The van der Waals surface area contributed by atoms with Crippen LogP contribution >= 0.6 is 0 Å². The smallest absolute Gasteiger partial charge is 0.228 e. The van der Waals surface area contributed by atoms with Crippen LogP contribution in [0.4, 0.5) is 0 Å². The quantitative estimate of drug-likeness (QED) is 0.636. The van der Waals surface area contributed by atoms with E-state index in [0.717, 1.165) is 0 Å². The Morgan fingerprint density at radius 3 is 2.92 bits per heavy atom. The van der Waals surface area contributed by atoms with Gasteiger partial charge in [0, 0.05) is 6.42 Å². The summed E-state index contributed by atoms with van der Waals surface area (Å²) in [4.78, 5) is 3.92. The van der Waals surface area contributed by atoms with Gasteiger partial charge in [0.25, 0.3) is 0 Å². The molecule has 0 saturated carbocycles. The van der Waals surface area contributed by atoms with Crippen molar-refractivity contribution in [3.63, 3.8) is 0 Å². The summed E-state index contributed by atoms with van der Waals surface area (Å²) >= 11 is 0. The second kappa shape index (κ2) is 3.36. The standard InChI is InChI=1S/C7H11N3O2/c1-4(11)6(8)3-7-9-5(2)10-12-7/h6,11H,1,3,8H2,2H3. The third-order valence-corrected chi connectivity index (χ3v) is 1.39. The highest BCUT2D eigenvalue weighted by atomic mass is 16.5. The SMILES string of the molecule is C=C(O)C(N)Cc1nc(C)no1. The molecule has 0 bridgehead atoms. The molecule has 0 saturated heterocycles. The molecule has 0 amide bonds. The van der Waals surface area contributed by atoms with Gasteiger partial charge in [-0.15, -0.1) is 0 Å². The average Bonchev–Trinajstić information content (AvgIpc) is 2.35. The molecule has 1 heterocycles. The van der Waals surface area contributed by atoms with Crippen LogP contribution < -0.4 is 5.73 Å². The lowest BCUT2D eigenvalue weighted by molar-refractivity contribution is 0.334. The molecule has 0 aliphatic heterocycles. The van der Waals surface area contributed by atoms with Gasteiger partial charge in [0.2, 0.25) is 5.89 Å². The Balaban J connectivity index is 2.58. The summed E-state index contributed by atoms with van der Waals surface area (Å²) in [5.41, 5.74) is 5.48. The van der Waals surface area contributed by atoms with Gasteiger partial charge in [0.1, 0.15) is 5.76 Å². The molecule has 1 aromatic rings. The van der Waals surface area contributed by atoms with Gasteiger partial charge >= 0.3 is 0 Å². The fourth-order valence-electron chi connectivity index (χ4n) is 0.729. The van der Waals surface area contributed by atoms with Crippen LogP contribution in [-0.4, -0.2) is 21.3 Å². The monoisotopic (exact) mass is 169 g/mol. The van der Waals surface area contributed by atoms with E-state index in [0.29, 0.717) is 18.1 Å². The molecule has 5 nitrogen and oxygen atoms in total. The number of nitrogens with zero attached hydrogens (tertiary/aromatic N) is 2. The minimum atomic E-state index is -0.537. The van der Waals surface area contributed by atoms with Crippen molar-refractivity contribution < 1.29 is 9.63 Å². The van der Waals surface area contributed by atoms with Crippen LogP contribution in [0.25, 0.3) is 0 Å². The van der Waals surface area contributed by atoms with Crippen molar-refractivity contribution in [2.45, 2.75) is 19.4 Å². The third-order valence-electron chi connectivity index (χ3n) is 1.39. The molecule has 12 heavy (non-hydrogen) atoms. The van der Waals surface area contributed by atoms with E-state index in [1.165, 1.54) is 0 Å². The number of aliphatic hydroxyl groups is 1. The molecule has 0 aliphatic carbocycles. The van der Waals surface area contributed by atoms with E-state index in [2.05, 4.69) is 16.7 Å². The second-order valence-corrected chi connectivity index (χ2v) is 2.54. The second-order valence-electron chi connectivity index (χ2n) is 2.54. The Labute approximate surface area is 69.9 Å². The third kappa shape index (κ3) is 2.06. The van der Waals surface area contributed by atoms with Crippen LogP contribution in [0.2, 0.25) is 0 Å². The molecule has 1 aromatic heterocycles. The Morgan fingerprint density at radius 1 is 1.83 bits per heavy atom. The molecular formula is C7H11N3O2. The highest BCUT2D eigenvalue weighted by Gasteiger charge is 2.11. The zero-order valence-corrected chi connectivity index (χ0v) is 6.82. The van der Waals surface area contributed by atoms with Crippen molar-refractivity contribution in [3.05, 3.63) is 24.1 Å². The lowest BCUT2D eigenvalue weighted by atomic mass is 10.2. The predicted molar refractivity (Wildman–Crippen MR) is 42.5 cm³/mol. The van der Waals surface area contributed by atoms with E-state index in [-0.39, 0.29) is 5.76 Å². The number of hydrogen-bond acceptors (Lipinski definition) is 5. The van der Waals surface area contributed by atoms with Crippen molar-refractivity contribution in [1.29, 1.82) is 0 Å². The first-order chi connectivity index (χ1) is 5.59. The lowest BCUT2D eigenvalue weighted by Crippen LogP contribution is -2.24. The van der Waals surface area contributed by atoms with Crippen LogP contribution in [0.5, 0.6) is 0 Å². The predicted octanol–water partition coefficient (Wildman–Crippen LogP) is 0.320. The first-order valence-electron chi connectivity index (χ1n) is 3.52. The molecular weight excluding hydrogens is 158 g/mol. The number of aromatic nitrogens is 2. The molecule has 1 unspecified atom stereocenters. The number of nitrogens with two attached hydrogens (primary N) is 1. The Bertz CT molecular complexity index is 282. The zero-order chi connectivity index (χ0) is 9.14. The molecule has 0 spiro atoms. The number of aryl methyl sites for hydroxylation is 1. The topological polar surface area (TPSA) is 85.2 Å². The minimum Gasteiger partial charge on any atom is -0.511 e. The summed E-state index contributed by atoms with van der Waals surface area (Å²) in [7, 11) is 0. The molecule has 1 atom stereocenters. The van der Waals surface area contributed by atoms with Crippen LogP contribution in [0.1, 0.15) is 11.7 Å². The van der Waals surface area contributed by atoms with Gasteiger partial charge in [0.05, 0.1) is 6.04 Å². The summed E-state index contributed by atoms with van der Waals surface area (Å²) < 4.78 is 4.79. The normalized spacial score (nSPS) is 12.8. The van der Waals surface area contributed by atoms with Gasteiger partial charge in [0.15, 0.2) is 5.82 Å². The summed E-state index contributed by atoms with van der Waals surface area (Å²) in [6.45, 7) is 5.01. The van der Waals surface area contributed by atoms with E-state index in [9.17, 15) is 0 Å². The van der Waals surface area contributed by atoms with E-state index in [1.807, 2.05) is 0 Å². The molecule has 0 radical (unpaired) electrons. The summed E-state index contributed by atoms with van der Waals surface area (Å²) in [5, 5.41) is 12.5. The maximum Gasteiger partial charge on any atom is 0.228 e. The number of rotatable bonds is 3. The van der Waals surface area contributed by atoms with E-state index >= 15 is 0 Å². The van der Waals surface area contributed by atoms with Crippen LogP contribution in [0.15, 0.2) is 16.9 Å². The summed E-state index contributed by atoms with van der Waals surface area (Å²) in [6.07, 6.45) is 0.316. The van der Waals surface area contributed by atoms with Crippen molar-refractivity contribution in [3.8, 4) is 0 Å². The zero-order valence-electron chi connectivity index (χ0n) is 6.82. The van der Waals surface area contributed by atoms with Crippen molar-refractivity contribution in [2.75, 3.05) is 0 Å². The van der Waals surface area contributed by atoms with Crippen molar-refractivity contribution in [1.82, 2.24) is 10.1 Å². The first kappa shape index (κ1) is 8.73. The highest BCUT2D eigenvalue weighted by Crippen LogP contribution is 2.02. The van der Waals surface area contributed by atoms with Crippen molar-refractivity contribution >= 4 is 0 Å². The van der Waals surface area contributed by atoms with Crippen LogP contribution in [0, 0.1) is 6.92 Å². The van der Waals surface area contributed by atoms with Gasteiger partial charge in [-0.05, 0) is 6.92 Å². The Hall–Kier alpha value is -1.36. The van der Waals surface area contributed by atoms with Crippen LogP contribution in [-0.2, 0) is 6.42 Å². The van der Waals surface area contributed by atoms with Gasteiger partial charge in [-0.3, -0.25) is 0 Å².